The van der Waals surface area contributed by atoms with Crippen LogP contribution in [-0.4, -0.2) is 60.6 Å². The van der Waals surface area contributed by atoms with Gasteiger partial charge in [-0.3, -0.25) is 4.79 Å². The largest absolute Gasteiger partial charge is 0.396 e. The van der Waals surface area contributed by atoms with Crippen LogP contribution in [0.5, 0.6) is 0 Å². The van der Waals surface area contributed by atoms with Gasteiger partial charge in [0.2, 0.25) is 5.91 Å². The Morgan fingerprint density at radius 1 is 1.00 bits per heavy atom. The van der Waals surface area contributed by atoms with Gasteiger partial charge in [0.25, 0.3) is 0 Å². The van der Waals surface area contributed by atoms with Crippen molar-refractivity contribution in [3.63, 3.8) is 0 Å². The third-order valence-corrected chi connectivity index (χ3v) is 5.58. The molecule has 1 N–H and O–H groups in total. The van der Waals surface area contributed by atoms with Gasteiger partial charge in [-0.05, 0) is 49.5 Å². The molecule has 1 aliphatic rings. The number of aliphatic hydroxyl groups is 1. The first-order valence-electron chi connectivity index (χ1n) is 9.76. The summed E-state index contributed by atoms with van der Waals surface area (Å²) in [7, 11) is 4.13. The number of nitrogens with zero attached hydrogens (tertiary/aromatic N) is 2. The van der Waals surface area contributed by atoms with Crippen molar-refractivity contribution in [1.82, 2.24) is 9.80 Å². The van der Waals surface area contributed by atoms with Gasteiger partial charge in [0.05, 0.1) is 6.42 Å². The lowest BCUT2D eigenvalue weighted by Gasteiger charge is -2.29. The molecule has 0 unspecified atom stereocenters. The molecule has 1 aliphatic heterocycles. The van der Waals surface area contributed by atoms with Gasteiger partial charge >= 0.3 is 0 Å². The third-order valence-electron chi connectivity index (χ3n) is 5.58. The minimum absolute atomic E-state index is 0.148. The third kappa shape index (κ3) is 5.18. The second-order valence-electron chi connectivity index (χ2n) is 7.78. The lowest BCUT2D eigenvalue weighted by atomic mass is 10.0. The number of benzene rings is 2. The molecule has 27 heavy (non-hydrogen) atoms. The molecule has 2 aromatic rings. The van der Waals surface area contributed by atoms with E-state index >= 15 is 0 Å². The standard InChI is InChI=1S/C23H30N2O2/c1-24(2)22-13-10-19(17-26)15-25(16-22)23(27)14-18-8-11-21(12-9-18)20-6-4-3-5-7-20/h3-9,11-12,19,22,26H,10,13-17H2,1-2H3/t19-,22+/m0/s1. The van der Waals surface area contributed by atoms with Gasteiger partial charge in [-0.25, -0.2) is 0 Å². The van der Waals surface area contributed by atoms with Crippen molar-refractivity contribution >= 4 is 5.91 Å². The molecule has 1 heterocycles. The van der Waals surface area contributed by atoms with Crippen molar-refractivity contribution in [3.8, 4) is 11.1 Å². The highest BCUT2D eigenvalue weighted by Gasteiger charge is 2.27. The highest BCUT2D eigenvalue weighted by Crippen LogP contribution is 2.22. The lowest BCUT2D eigenvalue weighted by molar-refractivity contribution is -0.131. The number of carbonyl (C=O) groups is 1. The van der Waals surface area contributed by atoms with Crippen molar-refractivity contribution in [3.05, 3.63) is 60.2 Å². The van der Waals surface area contributed by atoms with Crippen LogP contribution in [0.25, 0.3) is 11.1 Å². The number of amides is 1. The summed E-state index contributed by atoms with van der Waals surface area (Å²) < 4.78 is 0. The fourth-order valence-corrected chi connectivity index (χ4v) is 3.76. The van der Waals surface area contributed by atoms with E-state index < -0.39 is 0 Å². The summed E-state index contributed by atoms with van der Waals surface area (Å²) in [4.78, 5) is 17.1. The van der Waals surface area contributed by atoms with Crippen molar-refractivity contribution in [2.75, 3.05) is 33.8 Å². The molecule has 0 aliphatic carbocycles. The van der Waals surface area contributed by atoms with Gasteiger partial charge in [0.15, 0.2) is 0 Å². The lowest BCUT2D eigenvalue weighted by Crippen LogP contribution is -2.43. The SMILES string of the molecule is CN(C)[C@@H]1CC[C@H](CO)CN(C(=O)Cc2ccc(-c3ccccc3)cc2)C1. The molecule has 1 saturated heterocycles. The zero-order valence-corrected chi connectivity index (χ0v) is 16.3. The Balaban J connectivity index is 1.67. The molecule has 0 bridgehead atoms. The van der Waals surface area contributed by atoms with Crippen LogP contribution in [-0.2, 0) is 11.2 Å². The van der Waals surface area contributed by atoms with E-state index in [1.54, 1.807) is 0 Å². The van der Waals surface area contributed by atoms with E-state index in [4.69, 9.17) is 0 Å². The van der Waals surface area contributed by atoms with Crippen LogP contribution in [0.4, 0.5) is 0 Å². The van der Waals surface area contributed by atoms with Crippen LogP contribution in [0, 0.1) is 5.92 Å². The molecule has 144 valence electrons. The predicted molar refractivity (Wildman–Crippen MR) is 109 cm³/mol. The summed E-state index contributed by atoms with van der Waals surface area (Å²) in [6.07, 6.45) is 2.40. The molecule has 0 saturated carbocycles. The van der Waals surface area contributed by atoms with Crippen LogP contribution in [0.1, 0.15) is 18.4 Å². The van der Waals surface area contributed by atoms with Crippen LogP contribution in [0.15, 0.2) is 54.6 Å². The summed E-state index contributed by atoms with van der Waals surface area (Å²) in [5, 5.41) is 9.62. The number of aliphatic hydroxyl groups excluding tert-OH is 1. The van der Waals surface area contributed by atoms with Crippen LogP contribution < -0.4 is 0 Å². The van der Waals surface area contributed by atoms with Gasteiger partial charge < -0.3 is 14.9 Å². The highest BCUT2D eigenvalue weighted by atomic mass is 16.3. The predicted octanol–water partition coefficient (Wildman–Crippen LogP) is 3.06. The molecule has 2 atom stereocenters. The van der Waals surface area contributed by atoms with Crippen LogP contribution in [0.3, 0.4) is 0 Å². The summed E-state index contributed by atoms with van der Waals surface area (Å²) in [6, 6.07) is 18.9. The Morgan fingerprint density at radius 3 is 2.30 bits per heavy atom. The van der Waals surface area contributed by atoms with E-state index in [1.807, 2.05) is 35.2 Å². The van der Waals surface area contributed by atoms with Crippen LogP contribution >= 0.6 is 0 Å². The second-order valence-corrected chi connectivity index (χ2v) is 7.78. The molecule has 0 spiro atoms. The van der Waals surface area contributed by atoms with E-state index in [0.717, 1.165) is 30.5 Å². The molecular weight excluding hydrogens is 336 g/mol. The quantitative estimate of drug-likeness (QED) is 0.884. The average molecular weight is 367 g/mol. The van der Waals surface area contributed by atoms with E-state index in [2.05, 4.69) is 43.3 Å². The molecule has 0 aromatic heterocycles. The number of likely N-dealkylation sites (tertiary alicyclic amines) is 1. The summed E-state index contributed by atoms with van der Waals surface area (Å²) >= 11 is 0. The summed E-state index contributed by atoms with van der Waals surface area (Å²) in [6.45, 7) is 1.54. The van der Waals surface area contributed by atoms with Gasteiger partial charge in [0, 0.05) is 25.7 Å². The monoisotopic (exact) mass is 366 g/mol. The van der Waals surface area contributed by atoms with E-state index in [1.165, 1.54) is 5.56 Å². The van der Waals surface area contributed by atoms with E-state index in [9.17, 15) is 9.90 Å². The molecule has 3 rings (SSSR count). The zero-order valence-electron chi connectivity index (χ0n) is 16.3. The second kappa shape index (κ2) is 9.16. The van der Waals surface area contributed by atoms with Crippen molar-refractivity contribution in [2.24, 2.45) is 5.92 Å². The molecule has 0 radical (unpaired) electrons. The van der Waals surface area contributed by atoms with E-state index in [-0.39, 0.29) is 18.4 Å². The Hall–Kier alpha value is -2.17. The fourth-order valence-electron chi connectivity index (χ4n) is 3.76. The van der Waals surface area contributed by atoms with Crippen molar-refractivity contribution in [2.45, 2.75) is 25.3 Å². The molecule has 1 fully saturated rings. The number of hydrogen-bond acceptors (Lipinski definition) is 3. The maximum Gasteiger partial charge on any atom is 0.227 e. The first-order chi connectivity index (χ1) is 13.1. The minimum Gasteiger partial charge on any atom is -0.396 e. The van der Waals surface area contributed by atoms with Gasteiger partial charge in [-0.1, -0.05) is 54.6 Å². The number of hydrogen-bond donors (Lipinski definition) is 1. The topological polar surface area (TPSA) is 43.8 Å². The summed E-state index contributed by atoms with van der Waals surface area (Å²) in [5.74, 6) is 0.328. The average Bonchev–Trinajstić information content (AvgIpc) is 2.92. The first kappa shape index (κ1) is 19.6. The maximum absolute atomic E-state index is 12.9. The Labute approximate surface area is 162 Å². The molecule has 1 amide bonds. The number of likely N-dealkylation sites (N-methyl/N-ethyl adjacent to an activating group) is 1. The van der Waals surface area contributed by atoms with Crippen molar-refractivity contribution in [1.29, 1.82) is 0 Å². The van der Waals surface area contributed by atoms with E-state index in [0.29, 0.717) is 19.0 Å². The fraction of sp³-hybridized carbons (Fsp3) is 0.435. The Morgan fingerprint density at radius 2 is 1.67 bits per heavy atom. The minimum atomic E-state index is 0.148. The zero-order chi connectivity index (χ0) is 19.2. The highest BCUT2D eigenvalue weighted by molar-refractivity contribution is 5.79. The van der Waals surface area contributed by atoms with Gasteiger partial charge in [0.1, 0.15) is 0 Å². The normalized spacial score (nSPS) is 20.5. The first-order valence-corrected chi connectivity index (χ1v) is 9.76. The molecular formula is C23H30N2O2. The number of rotatable bonds is 5. The van der Waals surface area contributed by atoms with Crippen molar-refractivity contribution < 1.29 is 9.90 Å². The Bertz CT molecular complexity index is 728. The Kier molecular flexibility index (Phi) is 6.64. The van der Waals surface area contributed by atoms with Gasteiger partial charge in [-0.15, -0.1) is 0 Å². The summed E-state index contributed by atoms with van der Waals surface area (Å²) in [5.41, 5.74) is 3.38. The van der Waals surface area contributed by atoms with Crippen LogP contribution in [0.2, 0.25) is 0 Å². The number of carbonyl (C=O) groups excluding carboxylic acids is 1. The smallest absolute Gasteiger partial charge is 0.227 e. The molecule has 2 aromatic carbocycles. The maximum atomic E-state index is 12.9. The molecule has 4 heteroatoms. The van der Waals surface area contributed by atoms with Gasteiger partial charge in [-0.2, -0.15) is 0 Å². The molecule has 4 nitrogen and oxygen atoms in total.